The highest BCUT2D eigenvalue weighted by Crippen LogP contribution is 2.31. The first-order chi connectivity index (χ1) is 10.7. The van der Waals surface area contributed by atoms with Crippen LogP contribution in [0.15, 0.2) is 30.6 Å². The Kier molecular flexibility index (Phi) is 2.68. The number of methoxy groups -OCH3 is 1. The maximum absolute atomic E-state index is 5.28. The molecule has 8 heteroatoms. The molecule has 2 N–H and O–H groups in total. The average molecular weight is 295 g/mol. The van der Waals surface area contributed by atoms with Crippen LogP contribution in [-0.2, 0) is 7.05 Å². The summed E-state index contributed by atoms with van der Waals surface area (Å²) < 4.78 is 6.90. The van der Waals surface area contributed by atoms with Gasteiger partial charge in [0.2, 0.25) is 0 Å². The Balaban J connectivity index is 1.92. The van der Waals surface area contributed by atoms with Gasteiger partial charge in [-0.2, -0.15) is 5.10 Å². The van der Waals surface area contributed by atoms with E-state index in [1.165, 1.54) is 0 Å². The summed E-state index contributed by atoms with van der Waals surface area (Å²) in [6.07, 6.45) is 3.56. The van der Waals surface area contributed by atoms with E-state index in [1.807, 2.05) is 25.2 Å². The Morgan fingerprint density at radius 3 is 2.95 bits per heavy atom. The van der Waals surface area contributed by atoms with Crippen LogP contribution < -0.4 is 10.1 Å². The van der Waals surface area contributed by atoms with Crippen molar-refractivity contribution < 1.29 is 4.74 Å². The third-order valence-corrected chi connectivity index (χ3v) is 3.45. The molecule has 0 radical (unpaired) electrons. The molecule has 0 fully saturated rings. The molecule has 0 aliphatic heterocycles. The monoisotopic (exact) mass is 295 g/mol. The van der Waals surface area contributed by atoms with Crippen molar-refractivity contribution in [3.63, 3.8) is 0 Å². The molecule has 0 amide bonds. The zero-order valence-electron chi connectivity index (χ0n) is 12.0. The summed E-state index contributed by atoms with van der Waals surface area (Å²) >= 11 is 0. The first-order valence-electron chi connectivity index (χ1n) is 6.69. The molecule has 0 aliphatic carbocycles. The van der Waals surface area contributed by atoms with Crippen LogP contribution in [0.3, 0.4) is 0 Å². The van der Waals surface area contributed by atoms with Gasteiger partial charge in [-0.15, -0.1) is 5.10 Å². The number of rotatable bonds is 3. The van der Waals surface area contributed by atoms with Crippen LogP contribution in [0.2, 0.25) is 0 Å². The number of nitrogens with zero attached hydrogens (tertiary/aromatic N) is 5. The van der Waals surface area contributed by atoms with Crippen molar-refractivity contribution in [2.24, 2.45) is 7.05 Å². The Morgan fingerprint density at radius 1 is 1.27 bits per heavy atom. The molecule has 22 heavy (non-hydrogen) atoms. The minimum Gasteiger partial charge on any atom is -0.497 e. The van der Waals surface area contributed by atoms with E-state index in [9.17, 15) is 0 Å². The van der Waals surface area contributed by atoms with E-state index in [4.69, 9.17) is 4.74 Å². The molecule has 0 spiro atoms. The predicted molar refractivity (Wildman–Crippen MR) is 82.2 cm³/mol. The van der Waals surface area contributed by atoms with Crippen LogP contribution in [0.5, 0.6) is 5.75 Å². The maximum atomic E-state index is 5.28. The van der Waals surface area contributed by atoms with Gasteiger partial charge in [0.05, 0.1) is 25.0 Å². The number of nitrogens with one attached hydrogen (secondary N) is 2. The van der Waals surface area contributed by atoms with Gasteiger partial charge in [-0.1, -0.05) is 5.21 Å². The number of aromatic amines is 1. The van der Waals surface area contributed by atoms with Crippen molar-refractivity contribution in [3.8, 4) is 5.75 Å². The van der Waals surface area contributed by atoms with E-state index in [2.05, 4.69) is 30.8 Å². The first kappa shape index (κ1) is 12.6. The summed E-state index contributed by atoms with van der Waals surface area (Å²) in [6.45, 7) is 0. The van der Waals surface area contributed by atoms with Crippen LogP contribution in [-0.4, -0.2) is 37.3 Å². The number of benzene rings is 1. The minimum atomic E-state index is 0.624. The van der Waals surface area contributed by atoms with Gasteiger partial charge in [0, 0.05) is 17.8 Å². The highest BCUT2D eigenvalue weighted by atomic mass is 16.5. The van der Waals surface area contributed by atoms with Gasteiger partial charge in [0.1, 0.15) is 11.3 Å². The lowest BCUT2D eigenvalue weighted by atomic mass is 10.1. The van der Waals surface area contributed by atoms with Gasteiger partial charge in [-0.3, -0.25) is 9.78 Å². The van der Waals surface area contributed by atoms with Crippen molar-refractivity contribution in [2.75, 3.05) is 12.4 Å². The molecule has 0 aliphatic rings. The highest BCUT2D eigenvalue weighted by Gasteiger charge is 2.12. The molecule has 3 aromatic heterocycles. The lowest BCUT2D eigenvalue weighted by Crippen LogP contribution is -1.96. The van der Waals surface area contributed by atoms with E-state index < -0.39 is 0 Å². The molecule has 8 nitrogen and oxygen atoms in total. The zero-order valence-corrected chi connectivity index (χ0v) is 12.0. The van der Waals surface area contributed by atoms with Gasteiger partial charge in [0.15, 0.2) is 11.6 Å². The number of aryl methyl sites for hydroxylation is 1. The molecular formula is C14H13N7O. The van der Waals surface area contributed by atoms with Gasteiger partial charge >= 0.3 is 0 Å². The lowest BCUT2D eigenvalue weighted by molar-refractivity contribution is 0.415. The molecule has 0 saturated carbocycles. The summed E-state index contributed by atoms with van der Waals surface area (Å²) in [5.74, 6) is 2.07. The van der Waals surface area contributed by atoms with Gasteiger partial charge in [-0.05, 0) is 18.2 Å². The molecule has 4 aromatic rings. The number of fused-ring (bicyclic) bond motifs is 3. The lowest BCUT2D eigenvalue weighted by Gasteiger charge is -2.07. The molecule has 0 atom stereocenters. The fraction of sp³-hybridized carbons (Fsp3) is 0.143. The normalized spacial score (nSPS) is 11.2. The SMILES string of the molecule is COc1ccc2nc(Nc3cn(C)nn3)c3[nH]ncc3c2c1. The number of hydrogen-bond donors (Lipinski definition) is 2. The van der Waals surface area contributed by atoms with Crippen molar-refractivity contribution >= 4 is 33.4 Å². The van der Waals surface area contributed by atoms with E-state index >= 15 is 0 Å². The number of anilines is 2. The Labute approximate surface area is 125 Å². The van der Waals surface area contributed by atoms with E-state index in [1.54, 1.807) is 24.2 Å². The largest absolute Gasteiger partial charge is 0.497 e. The van der Waals surface area contributed by atoms with Gasteiger partial charge < -0.3 is 10.1 Å². The summed E-state index contributed by atoms with van der Waals surface area (Å²) in [6, 6.07) is 5.75. The van der Waals surface area contributed by atoms with Crippen molar-refractivity contribution in [2.45, 2.75) is 0 Å². The van der Waals surface area contributed by atoms with Crippen LogP contribution in [0.25, 0.3) is 21.8 Å². The smallest absolute Gasteiger partial charge is 0.174 e. The maximum Gasteiger partial charge on any atom is 0.174 e. The first-order valence-corrected chi connectivity index (χ1v) is 6.69. The zero-order chi connectivity index (χ0) is 15.1. The van der Waals surface area contributed by atoms with Crippen LogP contribution >= 0.6 is 0 Å². The fourth-order valence-electron chi connectivity index (χ4n) is 2.42. The molecule has 0 bridgehead atoms. The standard InChI is InChI=1S/C14H13N7O/c1-21-7-12(18-20-21)17-14-13-10(6-15-19-13)9-5-8(22-2)3-4-11(9)16-14/h3-7H,1-2H3,(H,15,19)(H,16,17). The van der Waals surface area contributed by atoms with Crippen LogP contribution in [0, 0.1) is 0 Å². The minimum absolute atomic E-state index is 0.624. The molecular weight excluding hydrogens is 282 g/mol. The van der Waals surface area contributed by atoms with Crippen LogP contribution in [0.1, 0.15) is 0 Å². The molecule has 3 heterocycles. The Bertz CT molecular complexity index is 972. The number of H-pyrrole nitrogens is 1. The molecule has 4 rings (SSSR count). The molecule has 1 aromatic carbocycles. The Morgan fingerprint density at radius 2 is 2.18 bits per heavy atom. The Hall–Kier alpha value is -3.16. The average Bonchev–Trinajstić information content (AvgIpc) is 3.16. The third-order valence-electron chi connectivity index (χ3n) is 3.45. The number of hydrogen-bond acceptors (Lipinski definition) is 6. The second kappa shape index (κ2) is 4.69. The van der Waals surface area contributed by atoms with Crippen LogP contribution in [0.4, 0.5) is 11.6 Å². The number of ether oxygens (including phenoxy) is 1. The van der Waals surface area contributed by atoms with E-state index in [-0.39, 0.29) is 0 Å². The predicted octanol–water partition coefficient (Wildman–Crippen LogP) is 1.99. The summed E-state index contributed by atoms with van der Waals surface area (Å²) in [5.41, 5.74) is 1.66. The summed E-state index contributed by atoms with van der Waals surface area (Å²) in [4.78, 5) is 4.64. The summed E-state index contributed by atoms with van der Waals surface area (Å²) in [5, 5.41) is 20.1. The van der Waals surface area contributed by atoms with E-state index in [0.29, 0.717) is 11.6 Å². The highest BCUT2D eigenvalue weighted by molar-refractivity contribution is 6.09. The van der Waals surface area contributed by atoms with Gasteiger partial charge in [0.25, 0.3) is 0 Å². The summed E-state index contributed by atoms with van der Waals surface area (Å²) in [7, 11) is 3.45. The molecule has 0 saturated heterocycles. The number of aromatic nitrogens is 6. The van der Waals surface area contributed by atoms with Crippen molar-refractivity contribution in [3.05, 3.63) is 30.6 Å². The second-order valence-electron chi connectivity index (χ2n) is 4.90. The molecule has 110 valence electrons. The fourth-order valence-corrected chi connectivity index (χ4v) is 2.42. The second-order valence-corrected chi connectivity index (χ2v) is 4.90. The third kappa shape index (κ3) is 1.93. The van der Waals surface area contributed by atoms with Crippen molar-refractivity contribution in [1.82, 2.24) is 30.2 Å². The quantitative estimate of drug-likeness (QED) is 0.600. The molecule has 0 unspecified atom stereocenters. The van der Waals surface area contributed by atoms with E-state index in [0.717, 1.165) is 27.6 Å². The number of pyridine rings is 1. The van der Waals surface area contributed by atoms with Crippen molar-refractivity contribution in [1.29, 1.82) is 0 Å². The topological polar surface area (TPSA) is 93.5 Å². The van der Waals surface area contributed by atoms with Gasteiger partial charge in [-0.25, -0.2) is 4.98 Å².